The first-order chi connectivity index (χ1) is 15.3. The van der Waals surface area contributed by atoms with E-state index in [1.807, 2.05) is 0 Å². The number of carbonyl (C=O) groups excluding carboxylic acids is 4. The Morgan fingerprint density at radius 2 is 1.75 bits per heavy atom. The molecule has 166 valence electrons. The smallest absolute Gasteiger partial charge is 0.344 e. The minimum Gasteiger partial charge on any atom is -0.479 e. The summed E-state index contributed by atoms with van der Waals surface area (Å²) in [7, 11) is 0. The second-order valence-electron chi connectivity index (χ2n) is 6.46. The summed E-state index contributed by atoms with van der Waals surface area (Å²) in [5.74, 6) is -1.40. The average molecular weight is 494 g/mol. The fourth-order valence-corrected chi connectivity index (χ4v) is 4.23. The molecule has 2 aromatic rings. The Kier molecular flexibility index (Phi) is 7.95. The van der Waals surface area contributed by atoms with Crippen LogP contribution in [-0.2, 0) is 14.3 Å². The largest absolute Gasteiger partial charge is 0.479 e. The highest BCUT2D eigenvalue weighted by atomic mass is 35.5. The Balaban J connectivity index is 1.74. The molecular weight excluding hydrogens is 477 g/mol. The zero-order chi connectivity index (χ0) is 23.3. The summed E-state index contributed by atoms with van der Waals surface area (Å²) in [4.78, 5) is 49.8. The Bertz CT molecular complexity index is 1080. The van der Waals surface area contributed by atoms with Crippen LogP contribution >= 0.6 is 35.0 Å². The number of thioether (sulfide) groups is 1. The van der Waals surface area contributed by atoms with Crippen LogP contribution < -0.4 is 4.74 Å². The molecule has 1 aliphatic heterocycles. The summed E-state index contributed by atoms with van der Waals surface area (Å²) in [5, 5.41) is -0.310. The summed E-state index contributed by atoms with van der Waals surface area (Å²) >= 11 is 13.1. The topological polar surface area (TPSA) is 90.0 Å². The van der Waals surface area contributed by atoms with Gasteiger partial charge in [0.1, 0.15) is 0 Å². The molecule has 3 rings (SSSR count). The maximum atomic E-state index is 12.7. The van der Waals surface area contributed by atoms with Crippen molar-refractivity contribution in [2.75, 3.05) is 19.8 Å². The molecule has 1 fully saturated rings. The van der Waals surface area contributed by atoms with E-state index in [0.29, 0.717) is 11.1 Å². The van der Waals surface area contributed by atoms with Gasteiger partial charge in [-0.15, -0.1) is 0 Å². The first-order valence-corrected chi connectivity index (χ1v) is 11.0. The molecule has 0 spiro atoms. The van der Waals surface area contributed by atoms with Crippen LogP contribution in [0.5, 0.6) is 5.75 Å². The molecule has 32 heavy (non-hydrogen) atoms. The number of imide groups is 1. The SMILES string of the molecule is CCOC(=O)COc1c(Cl)cc(/C=C2\SC(=O)N(CC(=O)c3ccccc3)C2=O)cc1Cl. The molecule has 1 heterocycles. The summed E-state index contributed by atoms with van der Waals surface area (Å²) in [6.45, 7) is 1.18. The number of rotatable bonds is 8. The summed E-state index contributed by atoms with van der Waals surface area (Å²) in [5.41, 5.74) is 0.857. The van der Waals surface area contributed by atoms with E-state index in [1.54, 1.807) is 37.3 Å². The van der Waals surface area contributed by atoms with Crippen molar-refractivity contribution in [1.82, 2.24) is 4.90 Å². The third kappa shape index (κ3) is 5.70. The Labute approximate surface area is 198 Å². The van der Waals surface area contributed by atoms with Gasteiger partial charge in [-0.2, -0.15) is 0 Å². The van der Waals surface area contributed by atoms with Crippen LogP contribution in [0.2, 0.25) is 10.0 Å². The highest BCUT2D eigenvalue weighted by Gasteiger charge is 2.36. The van der Waals surface area contributed by atoms with Crippen molar-refractivity contribution in [3.05, 3.63) is 68.5 Å². The number of hydrogen-bond donors (Lipinski definition) is 0. The lowest BCUT2D eigenvalue weighted by molar-refractivity contribution is -0.145. The van der Waals surface area contributed by atoms with E-state index in [-0.39, 0.29) is 46.2 Å². The second-order valence-corrected chi connectivity index (χ2v) is 8.27. The van der Waals surface area contributed by atoms with Crippen molar-refractivity contribution < 1.29 is 28.7 Å². The molecule has 0 radical (unpaired) electrons. The van der Waals surface area contributed by atoms with Gasteiger partial charge in [-0.3, -0.25) is 19.3 Å². The van der Waals surface area contributed by atoms with Crippen LogP contribution in [0.4, 0.5) is 4.79 Å². The monoisotopic (exact) mass is 493 g/mol. The maximum Gasteiger partial charge on any atom is 0.344 e. The van der Waals surface area contributed by atoms with Gasteiger partial charge >= 0.3 is 5.97 Å². The minimum atomic E-state index is -0.584. The molecule has 0 aromatic heterocycles. The molecule has 7 nitrogen and oxygen atoms in total. The van der Waals surface area contributed by atoms with Gasteiger partial charge in [0.25, 0.3) is 11.1 Å². The predicted molar refractivity (Wildman–Crippen MR) is 122 cm³/mol. The van der Waals surface area contributed by atoms with Gasteiger partial charge in [0.2, 0.25) is 0 Å². The minimum absolute atomic E-state index is 0.0973. The Morgan fingerprint density at radius 3 is 2.38 bits per heavy atom. The van der Waals surface area contributed by atoms with Gasteiger partial charge in [-0.1, -0.05) is 53.5 Å². The molecule has 0 atom stereocenters. The molecule has 10 heteroatoms. The van der Waals surface area contributed by atoms with Crippen molar-refractivity contribution in [2.45, 2.75) is 6.92 Å². The third-order valence-electron chi connectivity index (χ3n) is 4.23. The second kappa shape index (κ2) is 10.7. The van der Waals surface area contributed by atoms with Crippen LogP contribution in [0.1, 0.15) is 22.8 Å². The highest BCUT2D eigenvalue weighted by Crippen LogP contribution is 2.37. The van der Waals surface area contributed by atoms with Gasteiger partial charge < -0.3 is 9.47 Å². The van der Waals surface area contributed by atoms with Gasteiger partial charge in [0, 0.05) is 5.56 Å². The van der Waals surface area contributed by atoms with Crippen molar-refractivity contribution >= 4 is 63.9 Å². The Hall–Kier alpha value is -2.81. The summed E-state index contributed by atoms with van der Waals surface area (Å²) < 4.78 is 10.1. The standard InChI is InChI=1S/C22H17Cl2NO6S/c1-2-30-19(27)12-31-20-15(23)8-13(9-16(20)24)10-18-21(28)25(22(29)32-18)11-17(26)14-6-4-3-5-7-14/h3-10H,2,11-12H2,1H3/b18-10-. The molecule has 0 saturated carbocycles. The van der Waals surface area contributed by atoms with Gasteiger partial charge in [0.05, 0.1) is 28.1 Å². The van der Waals surface area contributed by atoms with Crippen LogP contribution in [0.15, 0.2) is 47.4 Å². The number of ketones is 1. The van der Waals surface area contributed by atoms with Crippen LogP contribution in [-0.4, -0.2) is 47.6 Å². The number of benzene rings is 2. The first-order valence-electron chi connectivity index (χ1n) is 9.41. The third-order valence-corrected chi connectivity index (χ3v) is 5.70. The lowest BCUT2D eigenvalue weighted by atomic mass is 10.1. The molecule has 0 unspecified atom stereocenters. The molecule has 2 aromatic carbocycles. The average Bonchev–Trinajstić information content (AvgIpc) is 3.01. The van der Waals surface area contributed by atoms with E-state index < -0.39 is 17.1 Å². The number of Topliss-reactive ketones (excluding diaryl/α,β-unsaturated/α-hetero) is 1. The molecular formula is C22H17Cl2NO6S. The molecule has 1 saturated heterocycles. The number of carbonyl (C=O) groups is 4. The van der Waals surface area contributed by atoms with Crippen LogP contribution in [0.3, 0.4) is 0 Å². The molecule has 0 N–H and O–H groups in total. The maximum absolute atomic E-state index is 12.7. The van der Waals surface area contributed by atoms with Gasteiger partial charge in [-0.05, 0) is 42.5 Å². The molecule has 1 aliphatic rings. The number of nitrogens with zero attached hydrogens (tertiary/aromatic N) is 1. The van der Waals surface area contributed by atoms with E-state index >= 15 is 0 Å². The molecule has 0 aliphatic carbocycles. The van der Waals surface area contributed by atoms with E-state index in [2.05, 4.69) is 0 Å². The predicted octanol–water partition coefficient (Wildman–Crippen LogP) is 4.85. The number of hydrogen-bond acceptors (Lipinski definition) is 7. The fraction of sp³-hybridized carbons (Fsp3) is 0.182. The first kappa shape index (κ1) is 23.8. The van der Waals surface area contributed by atoms with Crippen molar-refractivity contribution in [1.29, 1.82) is 0 Å². The number of amides is 2. The summed E-state index contributed by atoms with van der Waals surface area (Å²) in [6, 6.07) is 11.4. The van der Waals surface area contributed by atoms with Crippen molar-refractivity contribution in [3.8, 4) is 5.75 Å². The zero-order valence-corrected chi connectivity index (χ0v) is 19.1. The van der Waals surface area contributed by atoms with E-state index in [1.165, 1.54) is 18.2 Å². The molecule has 0 bridgehead atoms. The fourth-order valence-electron chi connectivity index (χ4n) is 2.78. The van der Waals surface area contributed by atoms with Crippen molar-refractivity contribution in [2.24, 2.45) is 0 Å². The van der Waals surface area contributed by atoms with Crippen LogP contribution in [0, 0.1) is 0 Å². The van der Waals surface area contributed by atoms with Gasteiger partial charge in [-0.25, -0.2) is 4.79 Å². The van der Waals surface area contributed by atoms with Crippen LogP contribution in [0.25, 0.3) is 6.08 Å². The number of ether oxygens (including phenoxy) is 2. The number of halogens is 2. The quantitative estimate of drug-likeness (QED) is 0.294. The van der Waals surface area contributed by atoms with E-state index in [9.17, 15) is 19.2 Å². The lowest BCUT2D eigenvalue weighted by Gasteiger charge is -2.11. The van der Waals surface area contributed by atoms with Gasteiger partial charge in [0.15, 0.2) is 18.1 Å². The Morgan fingerprint density at radius 1 is 1.09 bits per heavy atom. The molecule has 2 amide bonds. The lowest BCUT2D eigenvalue weighted by Crippen LogP contribution is -2.33. The zero-order valence-electron chi connectivity index (χ0n) is 16.8. The number of esters is 1. The van der Waals surface area contributed by atoms with Crippen molar-refractivity contribution in [3.63, 3.8) is 0 Å². The van der Waals surface area contributed by atoms with E-state index in [0.717, 1.165) is 16.7 Å². The summed E-state index contributed by atoms with van der Waals surface area (Å²) in [6.07, 6.45) is 1.45. The normalized spacial score (nSPS) is 14.7. The highest BCUT2D eigenvalue weighted by molar-refractivity contribution is 8.18. The van der Waals surface area contributed by atoms with E-state index in [4.69, 9.17) is 32.7 Å².